The zero-order valence-electron chi connectivity index (χ0n) is 8.29. The van der Waals surface area contributed by atoms with Crippen LogP contribution >= 0.6 is 12.4 Å². The molecular weight excluding hydrogens is 202 g/mol. The van der Waals surface area contributed by atoms with Crippen LogP contribution in [-0.2, 0) is 4.79 Å². The minimum absolute atomic E-state index is 0. The molecule has 0 aromatic rings. The lowest BCUT2D eigenvalue weighted by Gasteiger charge is -2.31. The number of halogens is 1. The molecule has 14 heavy (non-hydrogen) atoms. The van der Waals surface area contributed by atoms with Gasteiger partial charge in [-0.05, 0) is 25.9 Å². The van der Waals surface area contributed by atoms with Crippen molar-refractivity contribution in [1.82, 2.24) is 15.5 Å². The molecule has 0 spiro atoms. The van der Waals surface area contributed by atoms with Crippen molar-refractivity contribution in [1.29, 1.82) is 0 Å². The Hall–Kier alpha value is -0.320. The molecule has 0 unspecified atom stereocenters. The fraction of sp³-hybridized carbons (Fsp3) is 0.889. The van der Waals surface area contributed by atoms with Crippen LogP contribution in [0.25, 0.3) is 0 Å². The number of nitrogens with zero attached hydrogens (tertiary/aromatic N) is 1. The minimum atomic E-state index is 0. The van der Waals surface area contributed by atoms with E-state index in [0.717, 1.165) is 45.6 Å². The van der Waals surface area contributed by atoms with Crippen molar-refractivity contribution < 1.29 is 4.79 Å². The SMILES string of the molecule is Cl.O=C([C@H]1CCN1)N1CCCNCC1. The van der Waals surface area contributed by atoms with E-state index in [4.69, 9.17) is 0 Å². The molecular formula is C9H18ClN3O. The lowest BCUT2D eigenvalue weighted by atomic mass is 10.1. The van der Waals surface area contributed by atoms with Gasteiger partial charge in [-0.25, -0.2) is 0 Å². The van der Waals surface area contributed by atoms with E-state index in [1.807, 2.05) is 4.90 Å². The van der Waals surface area contributed by atoms with E-state index < -0.39 is 0 Å². The summed E-state index contributed by atoms with van der Waals surface area (Å²) in [6.45, 7) is 4.78. The molecule has 82 valence electrons. The lowest BCUT2D eigenvalue weighted by Crippen LogP contribution is -2.54. The summed E-state index contributed by atoms with van der Waals surface area (Å²) >= 11 is 0. The van der Waals surface area contributed by atoms with E-state index in [1.54, 1.807) is 0 Å². The number of hydrogen-bond donors (Lipinski definition) is 2. The van der Waals surface area contributed by atoms with Crippen LogP contribution in [0.15, 0.2) is 0 Å². The number of rotatable bonds is 1. The fourth-order valence-electron chi connectivity index (χ4n) is 1.79. The van der Waals surface area contributed by atoms with E-state index in [0.29, 0.717) is 5.91 Å². The Morgan fingerprint density at radius 1 is 1.21 bits per heavy atom. The van der Waals surface area contributed by atoms with Crippen molar-refractivity contribution in [2.24, 2.45) is 0 Å². The maximum Gasteiger partial charge on any atom is 0.239 e. The highest BCUT2D eigenvalue weighted by atomic mass is 35.5. The first kappa shape index (κ1) is 11.8. The van der Waals surface area contributed by atoms with Gasteiger partial charge < -0.3 is 15.5 Å². The highest BCUT2D eigenvalue weighted by Crippen LogP contribution is 2.07. The molecule has 0 bridgehead atoms. The van der Waals surface area contributed by atoms with Gasteiger partial charge in [0.2, 0.25) is 5.91 Å². The maximum absolute atomic E-state index is 11.8. The molecule has 0 aromatic heterocycles. The molecule has 0 aliphatic carbocycles. The van der Waals surface area contributed by atoms with Gasteiger partial charge in [-0.3, -0.25) is 4.79 Å². The van der Waals surface area contributed by atoms with Crippen LogP contribution in [0.4, 0.5) is 0 Å². The Balaban J connectivity index is 0.000000980. The van der Waals surface area contributed by atoms with Gasteiger partial charge >= 0.3 is 0 Å². The van der Waals surface area contributed by atoms with E-state index in [1.165, 1.54) is 0 Å². The van der Waals surface area contributed by atoms with E-state index >= 15 is 0 Å². The molecule has 1 amide bonds. The zero-order valence-corrected chi connectivity index (χ0v) is 9.11. The molecule has 4 nitrogen and oxygen atoms in total. The number of hydrogen-bond acceptors (Lipinski definition) is 3. The van der Waals surface area contributed by atoms with E-state index in [2.05, 4.69) is 10.6 Å². The third-order valence-corrected chi connectivity index (χ3v) is 2.77. The fourth-order valence-corrected chi connectivity index (χ4v) is 1.79. The zero-order chi connectivity index (χ0) is 9.10. The Morgan fingerprint density at radius 2 is 2.00 bits per heavy atom. The van der Waals surface area contributed by atoms with E-state index in [-0.39, 0.29) is 18.4 Å². The smallest absolute Gasteiger partial charge is 0.239 e. The first-order chi connectivity index (χ1) is 6.38. The largest absolute Gasteiger partial charge is 0.340 e. The van der Waals surface area contributed by atoms with Crippen molar-refractivity contribution in [3.05, 3.63) is 0 Å². The van der Waals surface area contributed by atoms with Crippen LogP contribution in [0.2, 0.25) is 0 Å². The number of nitrogens with one attached hydrogen (secondary N) is 2. The van der Waals surface area contributed by atoms with Gasteiger partial charge in [0.05, 0.1) is 6.04 Å². The number of carbonyl (C=O) groups is 1. The predicted octanol–water partition coefficient (Wildman–Crippen LogP) is -0.408. The second-order valence-electron chi connectivity index (χ2n) is 3.72. The van der Waals surface area contributed by atoms with Gasteiger partial charge in [0, 0.05) is 19.6 Å². The standard InChI is InChI=1S/C9H17N3O.ClH/c13-9(8-2-4-11-8)12-6-1-3-10-5-7-12;/h8,10-11H,1-7H2;1H/t8-;/m1./s1. The molecule has 2 N–H and O–H groups in total. The van der Waals surface area contributed by atoms with Crippen LogP contribution in [0, 0.1) is 0 Å². The molecule has 2 saturated heterocycles. The minimum Gasteiger partial charge on any atom is -0.340 e. The monoisotopic (exact) mass is 219 g/mol. The number of carbonyl (C=O) groups excluding carboxylic acids is 1. The van der Waals surface area contributed by atoms with Crippen LogP contribution in [0.1, 0.15) is 12.8 Å². The van der Waals surface area contributed by atoms with Crippen molar-refractivity contribution >= 4 is 18.3 Å². The van der Waals surface area contributed by atoms with Gasteiger partial charge in [0.15, 0.2) is 0 Å². The first-order valence-electron chi connectivity index (χ1n) is 5.11. The summed E-state index contributed by atoms with van der Waals surface area (Å²) in [5, 5.41) is 6.44. The molecule has 1 atom stereocenters. The van der Waals surface area contributed by atoms with Gasteiger partial charge in [-0.15, -0.1) is 12.4 Å². The maximum atomic E-state index is 11.8. The van der Waals surface area contributed by atoms with Crippen molar-refractivity contribution in [2.75, 3.05) is 32.7 Å². The predicted molar refractivity (Wildman–Crippen MR) is 57.7 cm³/mol. The van der Waals surface area contributed by atoms with Crippen LogP contribution in [0.5, 0.6) is 0 Å². The average Bonchev–Trinajstić information content (AvgIpc) is 2.27. The normalized spacial score (nSPS) is 27.1. The molecule has 0 radical (unpaired) electrons. The van der Waals surface area contributed by atoms with Crippen molar-refractivity contribution in [3.8, 4) is 0 Å². The molecule has 2 rings (SSSR count). The Kier molecular flexibility index (Phi) is 4.65. The number of amides is 1. The molecule has 2 aliphatic heterocycles. The van der Waals surface area contributed by atoms with Gasteiger partial charge in [0.1, 0.15) is 0 Å². The summed E-state index contributed by atoms with van der Waals surface area (Å²) in [5.74, 6) is 0.301. The molecule has 0 saturated carbocycles. The second-order valence-corrected chi connectivity index (χ2v) is 3.72. The molecule has 2 heterocycles. The Bertz CT molecular complexity index is 188. The topological polar surface area (TPSA) is 44.4 Å². The van der Waals surface area contributed by atoms with E-state index in [9.17, 15) is 4.79 Å². The van der Waals surface area contributed by atoms with Crippen LogP contribution in [-0.4, -0.2) is 49.6 Å². The van der Waals surface area contributed by atoms with Crippen molar-refractivity contribution in [2.45, 2.75) is 18.9 Å². The van der Waals surface area contributed by atoms with Gasteiger partial charge in [0.25, 0.3) is 0 Å². The second kappa shape index (κ2) is 5.53. The molecule has 2 fully saturated rings. The molecule has 2 aliphatic rings. The third kappa shape index (κ3) is 2.59. The highest BCUT2D eigenvalue weighted by molar-refractivity contribution is 5.85. The summed E-state index contributed by atoms with van der Waals surface area (Å²) in [6.07, 6.45) is 2.10. The summed E-state index contributed by atoms with van der Waals surface area (Å²) in [4.78, 5) is 13.8. The van der Waals surface area contributed by atoms with Crippen LogP contribution < -0.4 is 10.6 Å². The van der Waals surface area contributed by atoms with Gasteiger partial charge in [-0.1, -0.05) is 0 Å². The Morgan fingerprint density at radius 3 is 2.64 bits per heavy atom. The third-order valence-electron chi connectivity index (χ3n) is 2.77. The van der Waals surface area contributed by atoms with Crippen molar-refractivity contribution in [3.63, 3.8) is 0 Å². The van der Waals surface area contributed by atoms with Gasteiger partial charge in [-0.2, -0.15) is 0 Å². The average molecular weight is 220 g/mol. The lowest BCUT2D eigenvalue weighted by molar-refractivity contribution is -0.135. The quantitative estimate of drug-likeness (QED) is 0.631. The first-order valence-corrected chi connectivity index (χ1v) is 5.11. The summed E-state index contributed by atoms with van der Waals surface area (Å²) in [5.41, 5.74) is 0. The summed E-state index contributed by atoms with van der Waals surface area (Å²) in [7, 11) is 0. The summed E-state index contributed by atoms with van der Waals surface area (Å²) in [6, 6.07) is 0.123. The molecule has 0 aromatic carbocycles. The molecule has 5 heteroatoms. The highest BCUT2D eigenvalue weighted by Gasteiger charge is 2.28. The Labute approximate surface area is 90.8 Å². The summed E-state index contributed by atoms with van der Waals surface area (Å²) < 4.78 is 0. The van der Waals surface area contributed by atoms with Crippen LogP contribution in [0.3, 0.4) is 0 Å².